The monoisotopic (exact) mass is 528 g/mol. The molecule has 6 nitrogen and oxygen atoms in total. The molecule has 0 spiro atoms. The van der Waals surface area contributed by atoms with Crippen LogP contribution in [0.2, 0.25) is 0 Å². The number of halogens is 1. The Morgan fingerprint density at radius 3 is 2.80 bits per heavy atom. The molecule has 1 atom stereocenters. The van der Waals surface area contributed by atoms with Crippen molar-refractivity contribution in [1.82, 2.24) is 19.9 Å². The van der Waals surface area contributed by atoms with Gasteiger partial charge in [-0.3, -0.25) is 4.90 Å². The highest BCUT2D eigenvalue weighted by Gasteiger charge is 2.33. The quantitative estimate of drug-likeness (QED) is 0.275. The number of fused-ring (bicyclic) bond motifs is 1. The number of hydrogen-bond donors (Lipinski definition) is 2. The van der Waals surface area contributed by atoms with Gasteiger partial charge in [0.25, 0.3) is 0 Å². The van der Waals surface area contributed by atoms with Gasteiger partial charge in [-0.2, -0.15) is 0 Å². The minimum absolute atomic E-state index is 0.196. The van der Waals surface area contributed by atoms with E-state index in [-0.39, 0.29) is 11.5 Å². The Morgan fingerprint density at radius 2 is 2.03 bits per heavy atom. The van der Waals surface area contributed by atoms with Crippen LogP contribution in [0.1, 0.15) is 31.4 Å². The van der Waals surface area contributed by atoms with Gasteiger partial charge in [-0.15, -0.1) is 0 Å². The summed E-state index contributed by atoms with van der Waals surface area (Å²) in [5, 5.41) is 4.67. The zero-order valence-electron chi connectivity index (χ0n) is 20.3. The fourth-order valence-corrected chi connectivity index (χ4v) is 5.79. The third kappa shape index (κ3) is 4.95. The van der Waals surface area contributed by atoms with Gasteiger partial charge < -0.3 is 10.3 Å². The maximum absolute atomic E-state index is 7.37. The summed E-state index contributed by atoms with van der Waals surface area (Å²) in [5.74, 6) is 0.652. The SMILES string of the molecule is [C-]#[N+]c1ccc2c(-c3nc(N[C@@H]4CN(Cc5ccccc5)CC(C)(C)C4)ncc3C)c[nH]c2c1Br. The van der Waals surface area contributed by atoms with E-state index in [2.05, 4.69) is 85.1 Å². The molecule has 1 aliphatic heterocycles. The van der Waals surface area contributed by atoms with E-state index in [1.54, 1.807) is 0 Å². The smallest absolute Gasteiger partial charge is 0.223 e. The van der Waals surface area contributed by atoms with E-state index in [4.69, 9.17) is 11.6 Å². The molecule has 0 amide bonds. The number of hydrogen-bond acceptors (Lipinski definition) is 4. The molecule has 0 bridgehead atoms. The molecule has 1 aliphatic rings. The van der Waals surface area contributed by atoms with Crippen LogP contribution in [0.25, 0.3) is 27.0 Å². The average Bonchev–Trinajstić information content (AvgIpc) is 3.25. The highest BCUT2D eigenvalue weighted by atomic mass is 79.9. The summed E-state index contributed by atoms with van der Waals surface area (Å²) in [4.78, 5) is 19.0. The Morgan fingerprint density at radius 1 is 1.23 bits per heavy atom. The number of rotatable bonds is 5. The Kier molecular flexibility index (Phi) is 6.35. The molecule has 3 heterocycles. The molecule has 0 aliphatic carbocycles. The number of anilines is 1. The standard InChI is InChI=1S/C28H29BrN6/c1-18-13-32-27(34-25(18)22-14-31-26-21(22)10-11-23(30-4)24(26)29)33-20-12-28(2,3)17-35(16-20)15-19-8-6-5-7-9-19/h5-11,13-14,20,31H,12,15-17H2,1-3H3,(H,32,33,34)/t20-/m0/s1. The first-order chi connectivity index (χ1) is 16.8. The van der Waals surface area contributed by atoms with Gasteiger partial charge in [0, 0.05) is 59.0 Å². The third-order valence-electron chi connectivity index (χ3n) is 6.63. The van der Waals surface area contributed by atoms with Crippen LogP contribution in [0.3, 0.4) is 0 Å². The van der Waals surface area contributed by atoms with Crippen molar-refractivity contribution in [2.45, 2.75) is 39.8 Å². The molecular formula is C28H29BrN6. The first-order valence-electron chi connectivity index (χ1n) is 11.9. The van der Waals surface area contributed by atoms with Crippen LogP contribution in [0.5, 0.6) is 0 Å². The molecule has 2 aromatic carbocycles. The van der Waals surface area contributed by atoms with Gasteiger partial charge in [-0.25, -0.2) is 14.8 Å². The maximum atomic E-state index is 7.37. The van der Waals surface area contributed by atoms with Gasteiger partial charge >= 0.3 is 0 Å². The first-order valence-corrected chi connectivity index (χ1v) is 12.7. The molecule has 4 aromatic rings. The van der Waals surface area contributed by atoms with Gasteiger partial charge in [0.2, 0.25) is 11.6 Å². The fraction of sp³-hybridized carbons (Fsp3) is 0.321. The lowest BCUT2D eigenvalue weighted by molar-refractivity contribution is 0.101. The van der Waals surface area contributed by atoms with Crippen molar-refractivity contribution in [1.29, 1.82) is 0 Å². The van der Waals surface area contributed by atoms with Gasteiger partial charge in [0.15, 0.2) is 0 Å². The maximum Gasteiger partial charge on any atom is 0.223 e. The zero-order valence-corrected chi connectivity index (χ0v) is 21.9. The first kappa shape index (κ1) is 23.5. The predicted molar refractivity (Wildman–Crippen MR) is 146 cm³/mol. The molecular weight excluding hydrogens is 500 g/mol. The summed E-state index contributed by atoms with van der Waals surface area (Å²) in [5.41, 5.74) is 5.95. The van der Waals surface area contributed by atoms with Crippen molar-refractivity contribution in [2.24, 2.45) is 5.41 Å². The molecule has 178 valence electrons. The van der Waals surface area contributed by atoms with Crippen molar-refractivity contribution in [3.05, 3.63) is 81.9 Å². The van der Waals surface area contributed by atoms with Crippen LogP contribution >= 0.6 is 15.9 Å². The lowest BCUT2D eigenvalue weighted by atomic mass is 9.81. The van der Waals surface area contributed by atoms with E-state index in [0.29, 0.717) is 11.6 Å². The number of aromatic nitrogens is 3. The second kappa shape index (κ2) is 9.44. The van der Waals surface area contributed by atoms with Crippen molar-refractivity contribution < 1.29 is 0 Å². The van der Waals surface area contributed by atoms with E-state index in [9.17, 15) is 0 Å². The molecule has 0 unspecified atom stereocenters. The highest BCUT2D eigenvalue weighted by molar-refractivity contribution is 9.10. The summed E-state index contributed by atoms with van der Waals surface area (Å²) in [6.07, 6.45) is 4.92. The molecule has 1 saturated heterocycles. The Labute approximate surface area is 214 Å². The summed E-state index contributed by atoms with van der Waals surface area (Å²) in [6, 6.07) is 14.8. The Balaban J connectivity index is 1.40. The van der Waals surface area contributed by atoms with E-state index in [0.717, 1.165) is 58.3 Å². The van der Waals surface area contributed by atoms with Crippen LogP contribution in [0, 0.1) is 18.9 Å². The lowest BCUT2D eigenvalue weighted by Crippen LogP contribution is -2.49. The topological polar surface area (TPSA) is 61.2 Å². The van der Waals surface area contributed by atoms with Crippen LogP contribution in [0.4, 0.5) is 11.6 Å². The van der Waals surface area contributed by atoms with Crippen molar-refractivity contribution in [3.8, 4) is 11.3 Å². The third-order valence-corrected chi connectivity index (χ3v) is 7.43. The molecule has 5 rings (SSSR count). The van der Waals surface area contributed by atoms with Crippen LogP contribution < -0.4 is 5.32 Å². The molecule has 2 aromatic heterocycles. The van der Waals surface area contributed by atoms with Crippen LogP contribution in [-0.4, -0.2) is 39.0 Å². The van der Waals surface area contributed by atoms with Gasteiger partial charge in [-0.1, -0.05) is 72.2 Å². The van der Waals surface area contributed by atoms with E-state index >= 15 is 0 Å². The highest BCUT2D eigenvalue weighted by Crippen LogP contribution is 2.38. The largest absolute Gasteiger partial charge is 0.361 e. The average molecular weight is 529 g/mol. The predicted octanol–water partition coefficient (Wildman–Crippen LogP) is 6.96. The van der Waals surface area contributed by atoms with Gasteiger partial charge in [0.05, 0.1) is 12.3 Å². The number of nitrogens with zero attached hydrogens (tertiary/aromatic N) is 4. The lowest BCUT2D eigenvalue weighted by Gasteiger charge is -2.42. The molecule has 0 radical (unpaired) electrons. The summed E-state index contributed by atoms with van der Waals surface area (Å²) >= 11 is 3.57. The summed E-state index contributed by atoms with van der Waals surface area (Å²) in [7, 11) is 0. The molecule has 1 fully saturated rings. The van der Waals surface area contributed by atoms with Crippen LogP contribution in [0.15, 0.2) is 59.3 Å². The number of likely N-dealkylation sites (tertiary alicyclic amines) is 1. The Bertz CT molecular complexity index is 1400. The zero-order chi connectivity index (χ0) is 24.6. The summed E-state index contributed by atoms with van der Waals surface area (Å²) in [6.45, 7) is 17.0. The van der Waals surface area contributed by atoms with E-state index in [1.165, 1.54) is 5.56 Å². The second-order valence-electron chi connectivity index (χ2n) is 10.2. The van der Waals surface area contributed by atoms with E-state index < -0.39 is 0 Å². The number of benzene rings is 2. The number of aromatic amines is 1. The molecule has 2 N–H and O–H groups in total. The summed E-state index contributed by atoms with van der Waals surface area (Å²) < 4.78 is 0.782. The van der Waals surface area contributed by atoms with Crippen molar-refractivity contribution in [3.63, 3.8) is 0 Å². The second-order valence-corrected chi connectivity index (χ2v) is 11.0. The number of H-pyrrole nitrogens is 1. The number of aryl methyl sites for hydroxylation is 1. The van der Waals surface area contributed by atoms with Crippen molar-refractivity contribution >= 4 is 38.5 Å². The van der Waals surface area contributed by atoms with Crippen LogP contribution in [-0.2, 0) is 6.54 Å². The normalized spacial score (nSPS) is 17.9. The minimum Gasteiger partial charge on any atom is -0.361 e. The molecule has 35 heavy (non-hydrogen) atoms. The number of nitrogens with one attached hydrogen (secondary N) is 2. The van der Waals surface area contributed by atoms with E-state index in [1.807, 2.05) is 31.5 Å². The van der Waals surface area contributed by atoms with Gasteiger partial charge in [0.1, 0.15) is 0 Å². The molecule has 0 saturated carbocycles. The molecule has 7 heteroatoms. The Hall–Kier alpha value is -3.21. The minimum atomic E-state index is 0.196. The number of piperidine rings is 1. The fourth-order valence-electron chi connectivity index (χ4n) is 5.24. The van der Waals surface area contributed by atoms with Crippen molar-refractivity contribution in [2.75, 3.05) is 18.4 Å². The van der Waals surface area contributed by atoms with Gasteiger partial charge in [-0.05, 0) is 29.9 Å².